The highest BCUT2D eigenvalue weighted by atomic mass is 16.7. The Balaban J connectivity index is 1.72. The van der Waals surface area contributed by atoms with Crippen LogP contribution in [-0.4, -0.2) is 72.0 Å². The number of hydrogen-bond acceptors (Lipinski definition) is 7. The number of carbonyl (C=O) groups excluding carboxylic acids is 2. The summed E-state index contributed by atoms with van der Waals surface area (Å²) in [5.74, 6) is -0.0824. The molecule has 1 aliphatic heterocycles. The molecule has 1 saturated heterocycles. The molecule has 1 aromatic heterocycles. The molecule has 9 nitrogen and oxygen atoms in total. The molecule has 0 spiro atoms. The minimum absolute atomic E-state index is 0.0824. The maximum absolute atomic E-state index is 12.4. The number of nitrogens with one attached hydrogen (secondary N) is 2. The lowest BCUT2D eigenvalue weighted by Crippen LogP contribution is -2.41. The fraction of sp³-hybridized carbons (Fsp3) is 0.720. The average Bonchev–Trinajstić information content (AvgIpc) is 2.95. The highest BCUT2D eigenvalue weighted by Crippen LogP contribution is 2.36. The summed E-state index contributed by atoms with van der Waals surface area (Å²) >= 11 is 0. The summed E-state index contributed by atoms with van der Waals surface area (Å²) in [5, 5.41) is 6.20. The van der Waals surface area contributed by atoms with Gasteiger partial charge in [0.15, 0.2) is 0 Å². The number of hydrogen-bond donors (Lipinski definition) is 2. The third kappa shape index (κ3) is 9.09. The van der Waals surface area contributed by atoms with Gasteiger partial charge in [-0.15, -0.1) is 0 Å². The maximum Gasteiger partial charge on any atom is 0.496 e. The predicted molar refractivity (Wildman–Crippen MR) is 139 cm³/mol. The summed E-state index contributed by atoms with van der Waals surface area (Å²) in [6, 6.07) is 1.84. The summed E-state index contributed by atoms with van der Waals surface area (Å²) in [4.78, 5) is 30.7. The molecule has 1 aromatic rings. The Morgan fingerprint density at radius 3 is 2.34 bits per heavy atom. The monoisotopic (exact) mass is 490 g/mol. The first-order chi connectivity index (χ1) is 16.2. The van der Waals surface area contributed by atoms with Gasteiger partial charge in [0.25, 0.3) is 0 Å². The van der Waals surface area contributed by atoms with Crippen LogP contribution >= 0.6 is 0 Å². The highest BCUT2D eigenvalue weighted by molar-refractivity contribution is 6.62. The second-order valence-electron chi connectivity index (χ2n) is 11.0. The highest BCUT2D eigenvalue weighted by Gasteiger charge is 2.51. The summed E-state index contributed by atoms with van der Waals surface area (Å²) in [6.07, 6.45) is 4.93. The third-order valence-corrected chi connectivity index (χ3v) is 6.03. The van der Waals surface area contributed by atoms with Crippen LogP contribution < -0.4 is 16.1 Å². The predicted octanol–water partition coefficient (Wildman–Crippen LogP) is 3.34. The molecular formula is C25H43BN4O5. The topological polar surface area (TPSA) is 102 Å². The van der Waals surface area contributed by atoms with Crippen molar-refractivity contribution < 1.29 is 23.6 Å². The number of amides is 2. The van der Waals surface area contributed by atoms with Gasteiger partial charge >= 0.3 is 13.2 Å². The Labute approximate surface area is 210 Å². The van der Waals surface area contributed by atoms with Crippen LogP contribution in [0.5, 0.6) is 0 Å². The SMILES string of the molecule is CCCN(CCNCCCC(=O)Nc1cncc(B2OC(C)(C)C(C)(C)O2)c1)C(=O)OC(C)(C)C. The van der Waals surface area contributed by atoms with Gasteiger partial charge in [-0.25, -0.2) is 4.79 Å². The van der Waals surface area contributed by atoms with Crippen LogP contribution in [0.4, 0.5) is 10.5 Å². The number of carbonyl (C=O) groups is 2. The first-order valence-corrected chi connectivity index (χ1v) is 12.5. The summed E-state index contributed by atoms with van der Waals surface area (Å²) in [5.41, 5.74) is -0.00893. The van der Waals surface area contributed by atoms with Crippen LogP contribution in [0.3, 0.4) is 0 Å². The van der Waals surface area contributed by atoms with Gasteiger partial charge in [0.2, 0.25) is 5.91 Å². The van der Waals surface area contributed by atoms with E-state index in [1.807, 2.05) is 61.5 Å². The van der Waals surface area contributed by atoms with Gasteiger partial charge in [-0.1, -0.05) is 6.92 Å². The van der Waals surface area contributed by atoms with Crippen molar-refractivity contribution >= 4 is 30.3 Å². The molecule has 0 atom stereocenters. The molecule has 2 N–H and O–H groups in total. The zero-order chi connectivity index (χ0) is 26.3. The molecule has 196 valence electrons. The van der Waals surface area contributed by atoms with Crippen LogP contribution in [0.1, 0.15) is 74.7 Å². The van der Waals surface area contributed by atoms with Crippen molar-refractivity contribution in [2.24, 2.45) is 0 Å². The van der Waals surface area contributed by atoms with E-state index in [2.05, 4.69) is 15.6 Å². The fourth-order valence-corrected chi connectivity index (χ4v) is 3.46. The van der Waals surface area contributed by atoms with Crippen LogP contribution in [0, 0.1) is 0 Å². The minimum Gasteiger partial charge on any atom is -0.444 e. The van der Waals surface area contributed by atoms with Crippen molar-refractivity contribution in [1.29, 1.82) is 0 Å². The number of ether oxygens (including phenoxy) is 1. The normalized spacial score (nSPS) is 16.7. The van der Waals surface area contributed by atoms with E-state index < -0.39 is 23.9 Å². The average molecular weight is 490 g/mol. The van der Waals surface area contributed by atoms with Crippen molar-refractivity contribution in [3.05, 3.63) is 18.5 Å². The molecule has 1 fully saturated rings. The van der Waals surface area contributed by atoms with Gasteiger partial charge in [-0.05, 0) is 73.9 Å². The number of pyridine rings is 1. The van der Waals surface area contributed by atoms with Crippen LogP contribution in [0.25, 0.3) is 0 Å². The summed E-state index contributed by atoms with van der Waals surface area (Å²) < 4.78 is 17.6. The summed E-state index contributed by atoms with van der Waals surface area (Å²) in [7, 11) is -0.526. The zero-order valence-corrected chi connectivity index (χ0v) is 22.7. The van der Waals surface area contributed by atoms with Gasteiger partial charge in [0.1, 0.15) is 5.60 Å². The molecule has 35 heavy (non-hydrogen) atoms. The van der Waals surface area contributed by atoms with E-state index in [1.54, 1.807) is 17.3 Å². The second kappa shape index (κ2) is 12.2. The largest absolute Gasteiger partial charge is 0.496 e. The van der Waals surface area contributed by atoms with Crippen LogP contribution in [0.15, 0.2) is 18.5 Å². The third-order valence-electron chi connectivity index (χ3n) is 6.03. The second-order valence-corrected chi connectivity index (χ2v) is 11.0. The van der Waals surface area contributed by atoms with Gasteiger partial charge < -0.3 is 29.6 Å². The lowest BCUT2D eigenvalue weighted by atomic mass is 9.80. The fourth-order valence-electron chi connectivity index (χ4n) is 3.46. The zero-order valence-electron chi connectivity index (χ0n) is 22.7. The standard InChI is InChI=1S/C25H43BN4O5/c1-9-14-30(22(32)33-23(2,3)4)15-13-27-12-10-11-21(31)29-20-16-19(17-28-18-20)26-34-24(5,6)25(7,8)35-26/h16-18,27H,9-15H2,1-8H3,(H,29,31). The lowest BCUT2D eigenvalue weighted by molar-refractivity contribution is -0.116. The number of nitrogens with zero attached hydrogens (tertiary/aromatic N) is 2. The maximum atomic E-state index is 12.4. The van der Waals surface area contributed by atoms with Gasteiger partial charge in [0.05, 0.1) is 23.1 Å². The van der Waals surface area contributed by atoms with Crippen LogP contribution in [0.2, 0.25) is 0 Å². The molecule has 2 rings (SSSR count). The Hall–Kier alpha value is -2.17. The molecular weight excluding hydrogens is 447 g/mol. The molecule has 0 bridgehead atoms. The Kier molecular flexibility index (Phi) is 10.1. The van der Waals surface area contributed by atoms with E-state index in [-0.39, 0.29) is 12.0 Å². The van der Waals surface area contributed by atoms with Crippen molar-refractivity contribution in [1.82, 2.24) is 15.2 Å². The van der Waals surface area contributed by atoms with E-state index in [9.17, 15) is 9.59 Å². The van der Waals surface area contributed by atoms with E-state index in [0.29, 0.717) is 44.7 Å². The Morgan fingerprint density at radius 1 is 1.09 bits per heavy atom. The van der Waals surface area contributed by atoms with E-state index in [4.69, 9.17) is 14.0 Å². The van der Waals surface area contributed by atoms with Crippen molar-refractivity contribution in [3.63, 3.8) is 0 Å². The molecule has 1 aliphatic rings. The number of rotatable bonds is 11. The summed E-state index contributed by atoms with van der Waals surface area (Å²) in [6.45, 7) is 18.1. The molecule has 10 heteroatoms. The Morgan fingerprint density at radius 2 is 1.74 bits per heavy atom. The van der Waals surface area contributed by atoms with Crippen molar-refractivity contribution in [3.8, 4) is 0 Å². The molecule has 0 aromatic carbocycles. The molecule has 0 radical (unpaired) electrons. The lowest BCUT2D eigenvalue weighted by Gasteiger charge is -2.32. The van der Waals surface area contributed by atoms with Crippen molar-refractivity contribution in [2.75, 3.05) is 31.5 Å². The minimum atomic E-state index is -0.526. The molecule has 0 saturated carbocycles. The van der Waals surface area contributed by atoms with Gasteiger partial charge in [-0.2, -0.15) is 0 Å². The first kappa shape index (κ1) is 29.1. The molecule has 0 aliphatic carbocycles. The number of anilines is 1. The van der Waals surface area contributed by atoms with Gasteiger partial charge in [-0.3, -0.25) is 9.78 Å². The van der Waals surface area contributed by atoms with E-state index >= 15 is 0 Å². The number of aromatic nitrogens is 1. The molecule has 0 unspecified atom stereocenters. The smallest absolute Gasteiger partial charge is 0.444 e. The first-order valence-electron chi connectivity index (χ1n) is 12.5. The van der Waals surface area contributed by atoms with Gasteiger partial charge in [0, 0.05) is 37.7 Å². The Bertz CT molecular complexity index is 841. The van der Waals surface area contributed by atoms with Crippen molar-refractivity contribution in [2.45, 2.75) is 91.5 Å². The quantitative estimate of drug-likeness (QED) is 0.362. The molecule has 2 heterocycles. The van der Waals surface area contributed by atoms with Crippen LogP contribution in [-0.2, 0) is 18.8 Å². The van der Waals surface area contributed by atoms with E-state index in [1.165, 1.54) is 0 Å². The van der Waals surface area contributed by atoms with E-state index in [0.717, 1.165) is 11.9 Å². The molecule has 2 amide bonds.